The van der Waals surface area contributed by atoms with Crippen LogP contribution in [0.1, 0.15) is 40.0 Å². The maximum Gasteiger partial charge on any atom is 0.323 e. The van der Waals surface area contributed by atoms with Gasteiger partial charge in [0.05, 0.1) is 0 Å². The molecule has 2 aromatic rings. The largest absolute Gasteiger partial charge is 0.350 e. The molecule has 25 heavy (non-hydrogen) atoms. The van der Waals surface area contributed by atoms with Crippen molar-refractivity contribution in [3.63, 3.8) is 0 Å². The minimum atomic E-state index is -0.359. The molecule has 2 heterocycles. The summed E-state index contributed by atoms with van der Waals surface area (Å²) in [5.74, 6) is 0.208. The summed E-state index contributed by atoms with van der Waals surface area (Å²) in [6.07, 6.45) is 3.67. The monoisotopic (exact) mass is 342 g/mol. The smallest absolute Gasteiger partial charge is 0.323 e. The van der Waals surface area contributed by atoms with Gasteiger partial charge in [0.15, 0.2) is 0 Å². The van der Waals surface area contributed by atoms with Crippen molar-refractivity contribution in [1.82, 2.24) is 20.2 Å². The third-order valence-corrected chi connectivity index (χ3v) is 4.97. The van der Waals surface area contributed by atoms with Crippen LogP contribution in [-0.4, -0.2) is 40.4 Å². The molecule has 1 fully saturated rings. The summed E-state index contributed by atoms with van der Waals surface area (Å²) >= 11 is 0. The fourth-order valence-electron chi connectivity index (χ4n) is 3.41. The fraction of sp³-hybridized carbons (Fsp3) is 0.474. The summed E-state index contributed by atoms with van der Waals surface area (Å²) in [7, 11) is 0. The van der Waals surface area contributed by atoms with E-state index in [1.165, 1.54) is 22.9 Å². The van der Waals surface area contributed by atoms with E-state index in [9.17, 15) is 9.59 Å². The number of nitrogens with one attached hydrogen (secondary N) is 3. The number of hydrogen-bond donors (Lipinski definition) is 3. The first kappa shape index (κ1) is 17.5. The Labute approximate surface area is 147 Å². The zero-order valence-electron chi connectivity index (χ0n) is 14.9. The van der Waals surface area contributed by atoms with Gasteiger partial charge in [-0.2, -0.15) is 0 Å². The van der Waals surface area contributed by atoms with Crippen LogP contribution in [0.4, 0.5) is 0 Å². The number of likely N-dealkylation sites (tertiary alicyclic amines) is 1. The first-order valence-electron chi connectivity index (χ1n) is 8.85. The van der Waals surface area contributed by atoms with Crippen molar-refractivity contribution < 1.29 is 4.79 Å². The highest BCUT2D eigenvalue weighted by Gasteiger charge is 2.21. The summed E-state index contributed by atoms with van der Waals surface area (Å²) < 4.78 is 0. The molecule has 3 rings (SSSR count). The maximum atomic E-state index is 12.0. The molecule has 6 heteroatoms. The van der Waals surface area contributed by atoms with Crippen LogP contribution >= 0.6 is 0 Å². The highest BCUT2D eigenvalue weighted by atomic mass is 16.2. The average Bonchev–Trinajstić information content (AvgIpc) is 3.03. The van der Waals surface area contributed by atoms with Gasteiger partial charge in [-0.25, -0.2) is 4.79 Å². The number of hydrogen-bond acceptors (Lipinski definition) is 3. The van der Waals surface area contributed by atoms with Crippen LogP contribution in [0, 0.1) is 19.8 Å². The number of nitrogens with zero attached hydrogens (tertiary/aromatic N) is 1. The lowest BCUT2D eigenvalue weighted by Gasteiger charge is -2.33. The van der Waals surface area contributed by atoms with Gasteiger partial charge >= 0.3 is 5.69 Å². The van der Waals surface area contributed by atoms with E-state index in [1.54, 1.807) is 0 Å². The number of carbonyl (C=O) groups excluding carboxylic acids is 1. The number of carbonyl (C=O) groups is 1. The molecular formula is C19H26N4O2. The molecule has 0 radical (unpaired) electrons. The van der Waals surface area contributed by atoms with Crippen molar-refractivity contribution in [2.24, 2.45) is 5.92 Å². The second kappa shape index (κ2) is 7.70. The molecule has 0 aliphatic carbocycles. The summed E-state index contributed by atoms with van der Waals surface area (Å²) in [5.41, 5.74) is 3.93. The van der Waals surface area contributed by atoms with Crippen LogP contribution in [0.15, 0.2) is 29.2 Å². The normalized spacial score (nSPS) is 18.2. The number of aromatic nitrogens is 2. The Morgan fingerprint density at radius 2 is 2.16 bits per heavy atom. The minimum absolute atomic E-state index is 0.232. The number of aromatic amines is 2. The van der Waals surface area contributed by atoms with Crippen molar-refractivity contribution in [1.29, 1.82) is 0 Å². The van der Waals surface area contributed by atoms with Gasteiger partial charge in [-0.15, -0.1) is 0 Å². The predicted octanol–water partition coefficient (Wildman–Crippen LogP) is 1.96. The van der Waals surface area contributed by atoms with Crippen molar-refractivity contribution in [2.45, 2.75) is 33.2 Å². The lowest BCUT2D eigenvalue weighted by atomic mass is 9.97. The Bertz CT molecular complexity index is 793. The third-order valence-electron chi connectivity index (χ3n) is 4.97. The van der Waals surface area contributed by atoms with Gasteiger partial charge in [-0.05, 0) is 55.8 Å². The van der Waals surface area contributed by atoms with E-state index in [0.29, 0.717) is 12.5 Å². The quantitative estimate of drug-likeness (QED) is 0.777. The molecule has 3 N–H and O–H groups in total. The first-order chi connectivity index (χ1) is 12.0. The molecule has 1 amide bonds. The predicted molar refractivity (Wildman–Crippen MR) is 97.7 cm³/mol. The SMILES string of the molecule is Cc1ccc(CN2CCCC(CNC(=O)c3c[nH]c(=O)[nH]3)C2)cc1C. The molecule has 0 spiro atoms. The fourth-order valence-corrected chi connectivity index (χ4v) is 3.41. The first-order valence-corrected chi connectivity index (χ1v) is 8.85. The summed E-state index contributed by atoms with van der Waals surface area (Å²) in [6.45, 7) is 7.96. The molecule has 1 aliphatic heterocycles. The minimum Gasteiger partial charge on any atom is -0.350 e. The number of H-pyrrole nitrogens is 2. The Morgan fingerprint density at radius 3 is 2.88 bits per heavy atom. The van der Waals surface area contributed by atoms with Crippen LogP contribution < -0.4 is 11.0 Å². The second-order valence-corrected chi connectivity index (χ2v) is 7.03. The number of amides is 1. The summed E-state index contributed by atoms with van der Waals surface area (Å²) in [4.78, 5) is 30.5. The third kappa shape index (κ3) is 4.60. The number of imidazole rings is 1. The van der Waals surface area contributed by atoms with Gasteiger partial charge in [0, 0.05) is 25.8 Å². The lowest BCUT2D eigenvalue weighted by Crippen LogP contribution is -2.40. The molecule has 1 aromatic carbocycles. The summed E-state index contributed by atoms with van der Waals surface area (Å²) in [6, 6.07) is 6.66. The van der Waals surface area contributed by atoms with E-state index in [4.69, 9.17) is 0 Å². The Hall–Kier alpha value is -2.34. The molecule has 1 saturated heterocycles. The molecule has 1 aliphatic rings. The highest BCUT2D eigenvalue weighted by Crippen LogP contribution is 2.19. The van der Waals surface area contributed by atoms with Crippen molar-refractivity contribution in [2.75, 3.05) is 19.6 Å². The molecule has 6 nitrogen and oxygen atoms in total. The molecular weight excluding hydrogens is 316 g/mol. The van der Waals surface area contributed by atoms with Crippen molar-refractivity contribution >= 4 is 5.91 Å². The van der Waals surface area contributed by atoms with Gasteiger partial charge < -0.3 is 15.3 Å². The topological polar surface area (TPSA) is 81.0 Å². The number of piperidine rings is 1. The van der Waals surface area contributed by atoms with Crippen LogP contribution in [0.5, 0.6) is 0 Å². The molecule has 134 valence electrons. The van der Waals surface area contributed by atoms with E-state index < -0.39 is 0 Å². The number of aryl methyl sites for hydroxylation is 2. The lowest BCUT2D eigenvalue weighted by molar-refractivity contribution is 0.0926. The van der Waals surface area contributed by atoms with E-state index in [0.717, 1.165) is 32.5 Å². The maximum absolute atomic E-state index is 12.0. The van der Waals surface area contributed by atoms with Crippen LogP contribution in [0.25, 0.3) is 0 Å². The van der Waals surface area contributed by atoms with Crippen molar-refractivity contribution in [3.8, 4) is 0 Å². The Morgan fingerprint density at radius 1 is 1.32 bits per heavy atom. The number of rotatable bonds is 5. The standard InChI is InChI=1S/C19H26N4O2/c1-13-5-6-15(8-14(13)2)11-23-7-3-4-16(12-23)9-20-18(24)17-10-21-19(25)22-17/h5-6,8,10,16H,3-4,7,9,11-12H2,1-2H3,(H,20,24)(H2,21,22,25). The van der Waals surface area contributed by atoms with Crippen molar-refractivity contribution in [3.05, 3.63) is 57.3 Å². The molecule has 0 saturated carbocycles. The van der Waals surface area contributed by atoms with E-state index in [-0.39, 0.29) is 17.3 Å². The van der Waals surface area contributed by atoms with Gasteiger partial charge in [0.2, 0.25) is 0 Å². The highest BCUT2D eigenvalue weighted by molar-refractivity contribution is 5.91. The average molecular weight is 342 g/mol. The molecule has 1 atom stereocenters. The van der Waals surface area contributed by atoms with Gasteiger partial charge in [-0.1, -0.05) is 18.2 Å². The van der Waals surface area contributed by atoms with Gasteiger partial charge in [0.25, 0.3) is 5.91 Å². The molecule has 1 aromatic heterocycles. The van der Waals surface area contributed by atoms with Crippen LogP contribution in [0.2, 0.25) is 0 Å². The van der Waals surface area contributed by atoms with Gasteiger partial charge in [0.1, 0.15) is 5.69 Å². The number of benzene rings is 1. The second-order valence-electron chi connectivity index (χ2n) is 7.03. The van der Waals surface area contributed by atoms with Crippen LogP contribution in [-0.2, 0) is 6.54 Å². The van der Waals surface area contributed by atoms with Crippen LogP contribution in [0.3, 0.4) is 0 Å². The van der Waals surface area contributed by atoms with E-state index >= 15 is 0 Å². The Balaban J connectivity index is 1.51. The zero-order valence-corrected chi connectivity index (χ0v) is 14.9. The molecule has 1 unspecified atom stereocenters. The Kier molecular flexibility index (Phi) is 5.38. The van der Waals surface area contributed by atoms with Gasteiger partial charge in [-0.3, -0.25) is 9.69 Å². The molecule has 0 bridgehead atoms. The van der Waals surface area contributed by atoms with E-state index in [1.807, 2.05) is 0 Å². The summed E-state index contributed by atoms with van der Waals surface area (Å²) in [5, 5.41) is 2.93. The van der Waals surface area contributed by atoms with E-state index in [2.05, 4.69) is 52.2 Å². The zero-order chi connectivity index (χ0) is 17.8.